The van der Waals surface area contributed by atoms with Crippen LogP contribution in [-0.4, -0.2) is 124 Å². The number of carbonyl (C=O) groups is 2. The number of nitrogens with one attached hydrogen (secondary N) is 2. The number of piperazine rings is 1. The van der Waals surface area contributed by atoms with Gasteiger partial charge in [0.05, 0.1) is 17.0 Å². The van der Waals surface area contributed by atoms with Crippen molar-refractivity contribution in [3.05, 3.63) is 119 Å². The van der Waals surface area contributed by atoms with Gasteiger partial charge in [0.15, 0.2) is 29.0 Å². The molecular weight excluding hydrogens is 1030 g/mol. The lowest BCUT2D eigenvalue weighted by molar-refractivity contribution is -0.141. The van der Waals surface area contributed by atoms with Crippen molar-refractivity contribution in [3.8, 4) is 46.5 Å². The Bertz CT molecular complexity index is 3560. The van der Waals surface area contributed by atoms with E-state index < -0.39 is 41.3 Å². The van der Waals surface area contributed by atoms with Gasteiger partial charge in [-0.3, -0.25) is 19.5 Å². The minimum Gasteiger partial charge on any atom is -0.508 e. The number of phenols is 1. The smallest absolute Gasteiger partial charge is 0.319 e. The second-order valence-corrected chi connectivity index (χ2v) is 22.7. The predicted molar refractivity (Wildman–Crippen MR) is 295 cm³/mol. The van der Waals surface area contributed by atoms with Crippen molar-refractivity contribution in [3.63, 3.8) is 0 Å². The van der Waals surface area contributed by atoms with Crippen LogP contribution in [0.15, 0.2) is 83.5 Å². The van der Waals surface area contributed by atoms with Crippen LogP contribution >= 0.6 is 0 Å². The van der Waals surface area contributed by atoms with Crippen molar-refractivity contribution >= 4 is 45.1 Å². The summed E-state index contributed by atoms with van der Waals surface area (Å²) >= 11 is 0. The van der Waals surface area contributed by atoms with Crippen molar-refractivity contribution in [1.29, 1.82) is 0 Å². The first kappa shape index (κ1) is 52.9. The van der Waals surface area contributed by atoms with Crippen LogP contribution in [0.25, 0.3) is 44.1 Å². The number of benzene rings is 4. The number of rotatable bonds is 14. The molecule has 5 fully saturated rings. The van der Waals surface area contributed by atoms with E-state index in [-0.39, 0.29) is 86.9 Å². The minimum atomic E-state index is -0.920. The number of ether oxygens (including phenoxy) is 1. The molecule has 5 atom stereocenters. The van der Waals surface area contributed by atoms with Crippen LogP contribution in [0.2, 0.25) is 0 Å². The number of terminal acetylenes is 1. The maximum Gasteiger partial charge on any atom is 0.319 e. The Labute approximate surface area is 460 Å². The molecule has 5 aliphatic heterocycles. The average Bonchev–Trinajstić information content (AvgIpc) is 4.30. The van der Waals surface area contributed by atoms with E-state index in [0.29, 0.717) is 72.8 Å². The molecular formula is C61H62F4N10O5. The molecule has 3 N–H and O–H groups in total. The van der Waals surface area contributed by atoms with Crippen LogP contribution < -0.4 is 25.2 Å². The Morgan fingerprint density at radius 1 is 0.900 bits per heavy atom. The SMILES string of the molecule is C#Cc1c(F)ccc2cc(O)cc(-c3ncc4c(N5CC6CCC(C5)N6)nc(OCCN5CCC6(CC5)CN(c5cc(C(C(=O)N7CCCC7C(=O)NC(C)c7ccc(-c8cccc(F)c8F)cc7)C(C)C)on5)C6)nc4c3F)c12. The lowest BCUT2D eigenvalue weighted by Crippen LogP contribution is -2.60. The molecule has 4 aromatic carbocycles. The van der Waals surface area contributed by atoms with Crippen molar-refractivity contribution in [2.24, 2.45) is 11.3 Å². The molecule has 12 rings (SSSR count). The first-order chi connectivity index (χ1) is 38.6. The Morgan fingerprint density at radius 3 is 2.40 bits per heavy atom. The lowest BCUT2D eigenvalue weighted by atomic mass is 9.72. The molecule has 2 amide bonds. The van der Waals surface area contributed by atoms with E-state index in [1.165, 1.54) is 42.6 Å². The van der Waals surface area contributed by atoms with E-state index >= 15 is 8.78 Å². The zero-order valence-electron chi connectivity index (χ0n) is 44.8. The summed E-state index contributed by atoms with van der Waals surface area (Å²) in [6, 6.07) is 17.9. The summed E-state index contributed by atoms with van der Waals surface area (Å²) in [7, 11) is 0. The highest BCUT2D eigenvalue weighted by molar-refractivity contribution is 6.03. The molecule has 2 bridgehead atoms. The quantitative estimate of drug-likeness (QED) is 0.0698. The van der Waals surface area contributed by atoms with Crippen LogP contribution in [0.1, 0.15) is 88.1 Å². The fourth-order valence-electron chi connectivity index (χ4n) is 12.9. The number of nitrogens with zero attached hydrogens (tertiary/aromatic N) is 8. The van der Waals surface area contributed by atoms with E-state index in [2.05, 4.69) is 46.4 Å². The summed E-state index contributed by atoms with van der Waals surface area (Å²) < 4.78 is 72.7. The second-order valence-electron chi connectivity index (χ2n) is 22.7. The third-order valence-corrected chi connectivity index (χ3v) is 17.2. The number of phenolic OH excluding ortho intramolecular Hbond substituents is 1. The van der Waals surface area contributed by atoms with Gasteiger partial charge in [0, 0.05) is 85.5 Å². The predicted octanol–water partition coefficient (Wildman–Crippen LogP) is 9.27. The molecule has 5 unspecified atom stereocenters. The van der Waals surface area contributed by atoms with E-state index in [0.717, 1.165) is 63.5 Å². The van der Waals surface area contributed by atoms with Gasteiger partial charge in [0.2, 0.25) is 11.8 Å². The molecule has 0 radical (unpaired) electrons. The van der Waals surface area contributed by atoms with Crippen LogP contribution in [0.4, 0.5) is 29.2 Å². The van der Waals surface area contributed by atoms with Gasteiger partial charge in [-0.25, -0.2) is 17.6 Å². The maximum absolute atomic E-state index is 17.1. The summed E-state index contributed by atoms with van der Waals surface area (Å²) in [6.07, 6.45) is 12.5. The third-order valence-electron chi connectivity index (χ3n) is 17.2. The van der Waals surface area contributed by atoms with E-state index in [9.17, 15) is 23.5 Å². The number of carbonyl (C=O) groups excluding carboxylic acids is 2. The number of amides is 2. The Morgan fingerprint density at radius 2 is 1.66 bits per heavy atom. The Hall–Kier alpha value is -7.82. The summed E-state index contributed by atoms with van der Waals surface area (Å²) in [6.45, 7) is 11.7. The highest BCUT2D eigenvalue weighted by atomic mass is 19.2. The van der Waals surface area contributed by atoms with Crippen LogP contribution in [0.5, 0.6) is 11.8 Å². The fourth-order valence-corrected chi connectivity index (χ4v) is 12.9. The molecule has 1 spiro atoms. The number of anilines is 2. The van der Waals surface area contributed by atoms with Gasteiger partial charge < -0.3 is 39.7 Å². The highest BCUT2D eigenvalue weighted by Crippen LogP contribution is 2.44. The molecule has 8 heterocycles. The standard InChI is InChI=1S/C61H62F4N10O5/c1-5-42-46(62)18-15-38-26-41(76)27-44(52(38)42)55-54(65)56-45(29-66-55)57(73-30-39-16-17-40(31-73)68-39)70-60(69-56)79-25-24-72-22-19-61(20-23-72)32-74(33-61)50-28-49(80-71-50)51(34(2)3)59(78)75-21-7-10-48(75)58(77)67-35(4)36-11-13-37(14-12-36)43-8-6-9-47(63)53(43)64/h1,6,8-9,11-15,18,26-29,34-35,39-40,48,51,68,76H,7,10,16-17,19-25,30-33H2,2-4H3,(H,67,77). The number of halogens is 4. The largest absolute Gasteiger partial charge is 0.508 e. The summed E-state index contributed by atoms with van der Waals surface area (Å²) in [5.74, 6) is -0.560. The molecule has 15 nitrogen and oxygen atoms in total. The summed E-state index contributed by atoms with van der Waals surface area (Å²) in [4.78, 5) is 50.6. The number of aromatic hydroxyl groups is 1. The van der Waals surface area contributed by atoms with E-state index in [1.54, 1.807) is 29.2 Å². The molecule has 7 aromatic rings. The van der Waals surface area contributed by atoms with E-state index in [4.69, 9.17) is 20.7 Å². The third kappa shape index (κ3) is 9.90. The molecule has 5 aliphatic rings. The maximum atomic E-state index is 17.1. The molecule has 0 aliphatic carbocycles. The summed E-state index contributed by atoms with van der Waals surface area (Å²) in [5.41, 5.74) is 1.48. The monoisotopic (exact) mass is 1090 g/mol. The zero-order valence-corrected chi connectivity index (χ0v) is 44.8. The van der Waals surface area contributed by atoms with Crippen molar-refractivity contribution in [2.75, 3.05) is 68.8 Å². The van der Waals surface area contributed by atoms with Crippen LogP contribution in [0, 0.1) is 46.9 Å². The van der Waals surface area contributed by atoms with Crippen molar-refractivity contribution in [1.82, 2.24) is 40.5 Å². The minimum absolute atomic E-state index is 0.00586. The number of pyridine rings is 1. The van der Waals surface area contributed by atoms with Gasteiger partial charge in [-0.15, -0.1) is 6.42 Å². The van der Waals surface area contributed by atoms with Gasteiger partial charge >= 0.3 is 6.01 Å². The molecule has 0 saturated carbocycles. The summed E-state index contributed by atoms with van der Waals surface area (Å²) in [5, 5.41) is 23.0. The second kappa shape index (κ2) is 21.3. The highest BCUT2D eigenvalue weighted by Gasteiger charge is 2.47. The Balaban J connectivity index is 0.671. The van der Waals surface area contributed by atoms with E-state index in [1.807, 2.05) is 26.8 Å². The van der Waals surface area contributed by atoms with Crippen molar-refractivity contribution < 1.29 is 41.5 Å². The first-order valence-electron chi connectivity index (χ1n) is 27.7. The van der Waals surface area contributed by atoms with Gasteiger partial charge in [-0.1, -0.05) is 67.4 Å². The number of fused-ring (bicyclic) bond motifs is 4. The molecule has 3 aromatic heterocycles. The van der Waals surface area contributed by atoms with Gasteiger partial charge in [-0.2, -0.15) is 9.97 Å². The number of piperidine rings is 1. The normalized spacial score (nSPS) is 20.6. The van der Waals surface area contributed by atoms with Gasteiger partial charge in [0.1, 0.15) is 47.2 Å². The Kier molecular flexibility index (Phi) is 14.1. The lowest BCUT2D eigenvalue weighted by Gasteiger charge is -2.54. The zero-order chi connectivity index (χ0) is 55.6. The van der Waals surface area contributed by atoms with Gasteiger partial charge in [-0.05, 0) is 105 Å². The number of aromatic nitrogens is 4. The number of likely N-dealkylation sites (tertiary alicyclic amines) is 2. The molecule has 80 heavy (non-hydrogen) atoms. The fraction of sp³-hybridized carbons (Fsp3) is 0.410. The van der Waals surface area contributed by atoms with Crippen LogP contribution in [0.3, 0.4) is 0 Å². The van der Waals surface area contributed by atoms with Crippen molar-refractivity contribution in [2.45, 2.75) is 89.4 Å². The average molecular weight is 1090 g/mol. The molecule has 414 valence electrons. The van der Waals surface area contributed by atoms with Crippen LogP contribution in [-0.2, 0) is 9.59 Å². The number of hydrogen-bond donors (Lipinski definition) is 3. The molecule has 19 heteroatoms. The first-order valence-corrected chi connectivity index (χ1v) is 27.7. The number of hydrogen-bond acceptors (Lipinski definition) is 13. The molecule has 5 saturated heterocycles. The topological polar surface area (TPSA) is 165 Å². The van der Waals surface area contributed by atoms with Gasteiger partial charge in [0.25, 0.3) is 0 Å².